The van der Waals surface area contributed by atoms with Gasteiger partial charge in [0.15, 0.2) is 0 Å². The van der Waals surface area contributed by atoms with Crippen LogP contribution in [0.2, 0.25) is 0 Å². The summed E-state index contributed by atoms with van der Waals surface area (Å²) in [5, 5.41) is 1.43. The zero-order valence-electron chi connectivity index (χ0n) is 15.2. The Balaban J connectivity index is 1.96. The quantitative estimate of drug-likeness (QED) is 0.490. The van der Waals surface area contributed by atoms with Crippen LogP contribution in [-0.4, -0.2) is 35.3 Å². The summed E-state index contributed by atoms with van der Waals surface area (Å²) < 4.78 is 10.3. The van der Waals surface area contributed by atoms with Gasteiger partial charge in [-0.1, -0.05) is 18.2 Å². The lowest BCUT2D eigenvalue weighted by atomic mass is 10.0. The Kier molecular flexibility index (Phi) is 5.71. The van der Waals surface area contributed by atoms with Crippen LogP contribution in [-0.2, 0) is 16.1 Å². The monoisotopic (exact) mass is 382 g/mol. The van der Waals surface area contributed by atoms with Crippen LogP contribution in [0.4, 0.5) is 0 Å². The topological polar surface area (TPSA) is 78.4 Å². The van der Waals surface area contributed by atoms with Gasteiger partial charge in [0.05, 0.1) is 29.4 Å². The summed E-state index contributed by atoms with van der Waals surface area (Å²) in [6.45, 7) is 1.69. The largest absolute Gasteiger partial charge is 0.465 e. The molecular formula is C20H18N2O4S. The number of hydrogen-bond acceptors (Lipinski definition) is 7. The standard InChI is InChI=1S/C20H18N2O4S/c1-12-13-7-4-5-9-15(13)22-16(17(12)20(24)25-2)11-26-19(23)14-8-6-10-21-18(14)27-3/h4-10H,11H2,1-3H3. The van der Waals surface area contributed by atoms with Crippen LogP contribution in [0.25, 0.3) is 10.9 Å². The van der Waals surface area contributed by atoms with Gasteiger partial charge in [0.2, 0.25) is 0 Å². The van der Waals surface area contributed by atoms with E-state index >= 15 is 0 Å². The summed E-state index contributed by atoms with van der Waals surface area (Å²) in [4.78, 5) is 33.4. The summed E-state index contributed by atoms with van der Waals surface area (Å²) >= 11 is 1.36. The Bertz CT molecular complexity index is 1020. The first-order chi connectivity index (χ1) is 13.1. The molecule has 2 aromatic heterocycles. The maximum atomic E-state index is 12.5. The fourth-order valence-electron chi connectivity index (χ4n) is 2.84. The van der Waals surface area contributed by atoms with Crippen LogP contribution in [0, 0.1) is 6.92 Å². The average molecular weight is 382 g/mol. The molecule has 0 N–H and O–H groups in total. The van der Waals surface area contributed by atoms with E-state index in [0.717, 1.165) is 16.5 Å². The molecule has 138 valence electrons. The molecule has 0 amide bonds. The van der Waals surface area contributed by atoms with Gasteiger partial charge in [-0.25, -0.2) is 19.6 Å². The van der Waals surface area contributed by atoms with E-state index in [-0.39, 0.29) is 6.61 Å². The van der Waals surface area contributed by atoms with Crippen molar-refractivity contribution in [2.24, 2.45) is 0 Å². The number of fused-ring (bicyclic) bond motifs is 1. The Morgan fingerprint density at radius 1 is 1.11 bits per heavy atom. The lowest BCUT2D eigenvalue weighted by Gasteiger charge is -2.14. The second kappa shape index (κ2) is 8.18. The van der Waals surface area contributed by atoms with Crippen molar-refractivity contribution in [2.45, 2.75) is 18.6 Å². The molecule has 0 radical (unpaired) electrons. The van der Waals surface area contributed by atoms with E-state index in [0.29, 0.717) is 21.8 Å². The van der Waals surface area contributed by atoms with Crippen LogP contribution < -0.4 is 0 Å². The third kappa shape index (κ3) is 3.78. The Morgan fingerprint density at radius 2 is 1.89 bits per heavy atom. The van der Waals surface area contributed by atoms with Crippen molar-refractivity contribution in [2.75, 3.05) is 13.4 Å². The number of hydrogen-bond donors (Lipinski definition) is 0. The SMILES string of the molecule is COC(=O)c1c(COC(=O)c2cccnc2SC)nc2ccccc2c1C. The second-order valence-electron chi connectivity index (χ2n) is 5.70. The summed E-state index contributed by atoms with van der Waals surface area (Å²) in [7, 11) is 1.31. The van der Waals surface area contributed by atoms with Crippen molar-refractivity contribution >= 4 is 34.6 Å². The molecule has 0 aliphatic carbocycles. The van der Waals surface area contributed by atoms with E-state index in [1.165, 1.54) is 18.9 Å². The van der Waals surface area contributed by atoms with Gasteiger partial charge >= 0.3 is 11.9 Å². The molecule has 0 saturated heterocycles. The third-order valence-electron chi connectivity index (χ3n) is 4.14. The summed E-state index contributed by atoms with van der Waals surface area (Å²) in [6.07, 6.45) is 3.45. The van der Waals surface area contributed by atoms with Gasteiger partial charge in [0, 0.05) is 11.6 Å². The predicted octanol–water partition coefficient (Wildman–Crippen LogP) is 3.80. The van der Waals surface area contributed by atoms with Gasteiger partial charge in [-0.2, -0.15) is 0 Å². The van der Waals surface area contributed by atoms with Gasteiger partial charge < -0.3 is 9.47 Å². The number of pyridine rings is 2. The molecule has 0 saturated carbocycles. The highest BCUT2D eigenvalue weighted by atomic mass is 32.2. The number of para-hydroxylation sites is 1. The van der Waals surface area contributed by atoms with Crippen molar-refractivity contribution in [3.05, 3.63) is 65.0 Å². The minimum Gasteiger partial charge on any atom is -0.465 e. The summed E-state index contributed by atoms with van der Waals surface area (Å²) in [5.41, 5.74) is 2.52. The Labute approximate surface area is 160 Å². The number of methoxy groups -OCH3 is 1. The van der Waals surface area contributed by atoms with Gasteiger partial charge in [0.1, 0.15) is 11.6 Å². The van der Waals surface area contributed by atoms with E-state index < -0.39 is 11.9 Å². The molecule has 0 bridgehead atoms. The lowest BCUT2D eigenvalue weighted by molar-refractivity contribution is 0.0451. The van der Waals surface area contributed by atoms with Gasteiger partial charge in [-0.05, 0) is 36.9 Å². The minimum atomic E-state index is -0.518. The second-order valence-corrected chi connectivity index (χ2v) is 6.50. The van der Waals surface area contributed by atoms with E-state index in [1.807, 2.05) is 37.4 Å². The number of carbonyl (C=O) groups is 2. The molecule has 0 unspecified atom stereocenters. The fraction of sp³-hybridized carbons (Fsp3) is 0.200. The molecule has 0 aliphatic rings. The van der Waals surface area contributed by atoms with Crippen molar-refractivity contribution in [1.82, 2.24) is 9.97 Å². The van der Waals surface area contributed by atoms with E-state index in [4.69, 9.17) is 9.47 Å². The molecular weight excluding hydrogens is 364 g/mol. The molecule has 1 aromatic carbocycles. The summed E-state index contributed by atoms with van der Waals surface area (Å²) in [6, 6.07) is 10.8. The van der Waals surface area contributed by atoms with Crippen LogP contribution in [0.1, 0.15) is 32.0 Å². The molecule has 0 spiro atoms. The number of nitrogens with zero attached hydrogens (tertiary/aromatic N) is 2. The maximum absolute atomic E-state index is 12.5. The summed E-state index contributed by atoms with van der Waals surface area (Å²) in [5.74, 6) is -1.03. The predicted molar refractivity (Wildman–Crippen MR) is 103 cm³/mol. The number of aryl methyl sites for hydroxylation is 1. The number of esters is 2. The highest BCUT2D eigenvalue weighted by Gasteiger charge is 2.21. The number of carbonyl (C=O) groups excluding carboxylic acids is 2. The van der Waals surface area contributed by atoms with E-state index in [9.17, 15) is 9.59 Å². The van der Waals surface area contributed by atoms with Gasteiger partial charge in [-0.15, -0.1) is 11.8 Å². The fourth-order valence-corrected chi connectivity index (χ4v) is 3.38. The van der Waals surface area contributed by atoms with Gasteiger partial charge in [0.25, 0.3) is 0 Å². The number of ether oxygens (including phenoxy) is 2. The van der Waals surface area contributed by atoms with Crippen molar-refractivity contribution in [3.8, 4) is 0 Å². The number of rotatable bonds is 5. The minimum absolute atomic E-state index is 0.141. The first-order valence-corrected chi connectivity index (χ1v) is 9.42. The van der Waals surface area contributed by atoms with Crippen LogP contribution in [0.3, 0.4) is 0 Å². The van der Waals surface area contributed by atoms with E-state index in [1.54, 1.807) is 18.3 Å². The highest BCUT2D eigenvalue weighted by molar-refractivity contribution is 7.98. The van der Waals surface area contributed by atoms with Crippen LogP contribution in [0.15, 0.2) is 47.6 Å². The molecule has 0 aliphatic heterocycles. The first kappa shape index (κ1) is 18.8. The van der Waals surface area contributed by atoms with Crippen molar-refractivity contribution in [1.29, 1.82) is 0 Å². The molecule has 6 nitrogen and oxygen atoms in total. The molecule has 2 heterocycles. The average Bonchev–Trinajstić information content (AvgIpc) is 2.71. The molecule has 7 heteroatoms. The first-order valence-electron chi connectivity index (χ1n) is 8.19. The van der Waals surface area contributed by atoms with Crippen molar-refractivity contribution in [3.63, 3.8) is 0 Å². The molecule has 0 atom stereocenters. The number of aromatic nitrogens is 2. The van der Waals surface area contributed by atoms with E-state index in [2.05, 4.69) is 9.97 Å². The molecule has 0 fully saturated rings. The van der Waals surface area contributed by atoms with Gasteiger partial charge in [-0.3, -0.25) is 0 Å². The van der Waals surface area contributed by atoms with Crippen LogP contribution >= 0.6 is 11.8 Å². The zero-order valence-corrected chi connectivity index (χ0v) is 16.0. The smallest absolute Gasteiger partial charge is 0.341 e. The molecule has 3 aromatic rings. The Hall–Kier alpha value is -2.93. The number of benzene rings is 1. The molecule has 27 heavy (non-hydrogen) atoms. The normalized spacial score (nSPS) is 10.6. The lowest BCUT2D eigenvalue weighted by Crippen LogP contribution is -2.14. The highest BCUT2D eigenvalue weighted by Crippen LogP contribution is 2.25. The number of thioether (sulfide) groups is 1. The molecule has 3 rings (SSSR count). The van der Waals surface area contributed by atoms with Crippen molar-refractivity contribution < 1.29 is 19.1 Å². The maximum Gasteiger partial charge on any atom is 0.341 e. The third-order valence-corrected chi connectivity index (χ3v) is 4.85. The van der Waals surface area contributed by atoms with Crippen LogP contribution in [0.5, 0.6) is 0 Å². The Morgan fingerprint density at radius 3 is 2.63 bits per heavy atom. The zero-order chi connectivity index (χ0) is 19.4.